The van der Waals surface area contributed by atoms with Gasteiger partial charge >= 0.3 is 0 Å². The largest absolute Gasteiger partial charge is 0.368 e. The lowest BCUT2D eigenvalue weighted by atomic mass is 10.1. The van der Waals surface area contributed by atoms with Crippen molar-refractivity contribution in [1.82, 2.24) is 15.0 Å². The number of nitrogens with two attached hydrogens (primary N) is 2. The lowest BCUT2D eigenvalue weighted by molar-refractivity contribution is 1.08. The molecule has 1 heterocycles. The summed E-state index contributed by atoms with van der Waals surface area (Å²) in [6, 6.07) is 14.1. The van der Waals surface area contributed by atoms with Crippen LogP contribution in [0.3, 0.4) is 0 Å². The summed E-state index contributed by atoms with van der Waals surface area (Å²) < 4.78 is 0. The van der Waals surface area contributed by atoms with Crippen molar-refractivity contribution in [3.05, 3.63) is 42.5 Å². The third-order valence-electron chi connectivity index (χ3n) is 2.68. The van der Waals surface area contributed by atoms with E-state index in [1.54, 1.807) is 0 Å². The zero-order valence-electron chi connectivity index (χ0n) is 10.0. The van der Waals surface area contributed by atoms with Crippen molar-refractivity contribution in [1.29, 1.82) is 0 Å². The second-order valence-corrected chi connectivity index (χ2v) is 4.06. The molecular formula is C13H12N6. The average molecular weight is 252 g/mol. The van der Waals surface area contributed by atoms with Crippen LogP contribution < -0.4 is 16.8 Å². The minimum absolute atomic E-state index is 0.0933. The quantitative estimate of drug-likeness (QED) is 0.644. The second kappa shape index (κ2) is 4.41. The Balaban J connectivity index is 1.96. The molecule has 0 fully saturated rings. The Bertz CT molecular complexity index is 720. The maximum atomic E-state index is 5.52. The van der Waals surface area contributed by atoms with Crippen LogP contribution in [0, 0.1) is 0 Å². The first-order valence-corrected chi connectivity index (χ1v) is 5.73. The third-order valence-corrected chi connectivity index (χ3v) is 2.68. The number of hydrogen-bond donors (Lipinski definition) is 3. The summed E-state index contributed by atoms with van der Waals surface area (Å²) in [4.78, 5) is 11.7. The molecule has 3 aromatic rings. The van der Waals surface area contributed by atoms with Crippen molar-refractivity contribution in [3.63, 3.8) is 0 Å². The Labute approximate surface area is 109 Å². The number of benzene rings is 2. The van der Waals surface area contributed by atoms with Gasteiger partial charge in [-0.25, -0.2) is 0 Å². The summed E-state index contributed by atoms with van der Waals surface area (Å²) >= 11 is 0. The Kier molecular flexibility index (Phi) is 2.60. The fourth-order valence-electron chi connectivity index (χ4n) is 1.86. The molecule has 0 spiro atoms. The average Bonchev–Trinajstić information content (AvgIpc) is 2.37. The molecule has 0 aliphatic rings. The molecule has 3 rings (SSSR count). The van der Waals surface area contributed by atoms with Crippen LogP contribution in [0.25, 0.3) is 10.8 Å². The summed E-state index contributed by atoms with van der Waals surface area (Å²) in [7, 11) is 0. The molecule has 19 heavy (non-hydrogen) atoms. The third kappa shape index (κ3) is 2.37. The molecule has 5 N–H and O–H groups in total. The molecule has 0 amide bonds. The first kappa shape index (κ1) is 11.2. The Morgan fingerprint density at radius 2 is 1.47 bits per heavy atom. The topological polar surface area (TPSA) is 103 Å². The van der Waals surface area contributed by atoms with Crippen LogP contribution >= 0.6 is 0 Å². The zero-order valence-corrected chi connectivity index (χ0v) is 10.0. The molecule has 2 aromatic carbocycles. The van der Waals surface area contributed by atoms with Gasteiger partial charge in [0.25, 0.3) is 0 Å². The highest BCUT2D eigenvalue weighted by atomic mass is 15.2. The van der Waals surface area contributed by atoms with Crippen molar-refractivity contribution in [2.75, 3.05) is 16.8 Å². The van der Waals surface area contributed by atoms with Crippen LogP contribution in [-0.2, 0) is 0 Å². The van der Waals surface area contributed by atoms with Gasteiger partial charge in [0.2, 0.25) is 17.8 Å². The van der Waals surface area contributed by atoms with Crippen molar-refractivity contribution >= 4 is 34.3 Å². The smallest absolute Gasteiger partial charge is 0.233 e. The number of nitrogens with one attached hydrogen (secondary N) is 1. The van der Waals surface area contributed by atoms with E-state index in [2.05, 4.69) is 26.3 Å². The van der Waals surface area contributed by atoms with E-state index < -0.39 is 0 Å². The number of nitrogens with zero attached hydrogens (tertiary/aromatic N) is 3. The van der Waals surface area contributed by atoms with Crippen LogP contribution in [0.15, 0.2) is 42.5 Å². The van der Waals surface area contributed by atoms with Crippen molar-refractivity contribution in [2.45, 2.75) is 0 Å². The number of fused-ring (bicyclic) bond motifs is 1. The van der Waals surface area contributed by atoms with Gasteiger partial charge in [-0.05, 0) is 22.9 Å². The van der Waals surface area contributed by atoms with Gasteiger partial charge in [0.1, 0.15) is 0 Å². The Morgan fingerprint density at radius 3 is 2.21 bits per heavy atom. The van der Waals surface area contributed by atoms with Crippen LogP contribution in [0.5, 0.6) is 0 Å². The molecule has 0 atom stereocenters. The van der Waals surface area contributed by atoms with E-state index in [0.717, 1.165) is 11.1 Å². The molecular weight excluding hydrogens is 240 g/mol. The van der Waals surface area contributed by atoms with Gasteiger partial charge in [0.15, 0.2) is 0 Å². The highest BCUT2D eigenvalue weighted by Crippen LogP contribution is 2.21. The summed E-state index contributed by atoms with van der Waals surface area (Å²) in [6.07, 6.45) is 0. The molecule has 0 unspecified atom stereocenters. The molecule has 0 aliphatic heterocycles. The van der Waals surface area contributed by atoms with Gasteiger partial charge in [0, 0.05) is 5.69 Å². The lowest BCUT2D eigenvalue weighted by Gasteiger charge is -2.06. The normalized spacial score (nSPS) is 10.5. The first-order chi connectivity index (χ1) is 9.20. The van der Waals surface area contributed by atoms with Gasteiger partial charge in [-0.15, -0.1) is 0 Å². The van der Waals surface area contributed by atoms with Crippen molar-refractivity contribution in [3.8, 4) is 0 Å². The van der Waals surface area contributed by atoms with E-state index in [-0.39, 0.29) is 11.9 Å². The molecule has 1 aromatic heterocycles. The van der Waals surface area contributed by atoms with Gasteiger partial charge in [-0.2, -0.15) is 15.0 Å². The summed E-state index contributed by atoms with van der Waals surface area (Å²) in [6.45, 7) is 0. The predicted octanol–water partition coefficient (Wildman–Crippen LogP) is 1.93. The molecule has 6 nitrogen and oxygen atoms in total. The first-order valence-electron chi connectivity index (χ1n) is 5.73. The maximum absolute atomic E-state index is 5.52. The molecule has 0 aliphatic carbocycles. The van der Waals surface area contributed by atoms with Crippen molar-refractivity contribution in [2.24, 2.45) is 0 Å². The lowest BCUT2D eigenvalue weighted by Crippen LogP contribution is -2.06. The number of aromatic nitrogens is 3. The predicted molar refractivity (Wildman–Crippen MR) is 75.9 cm³/mol. The number of nitrogen functional groups attached to an aromatic ring is 2. The molecule has 0 radical (unpaired) electrons. The number of hydrogen-bond acceptors (Lipinski definition) is 6. The summed E-state index contributed by atoms with van der Waals surface area (Å²) in [5.41, 5.74) is 11.9. The van der Waals surface area contributed by atoms with Crippen LogP contribution in [-0.4, -0.2) is 15.0 Å². The molecule has 0 saturated carbocycles. The van der Waals surface area contributed by atoms with E-state index >= 15 is 0 Å². The minimum Gasteiger partial charge on any atom is -0.368 e. The zero-order chi connectivity index (χ0) is 13.2. The van der Waals surface area contributed by atoms with E-state index in [9.17, 15) is 0 Å². The van der Waals surface area contributed by atoms with E-state index in [0.29, 0.717) is 5.95 Å². The highest BCUT2D eigenvalue weighted by molar-refractivity contribution is 5.86. The molecule has 0 saturated heterocycles. The summed E-state index contributed by atoms with van der Waals surface area (Å²) in [5, 5.41) is 5.35. The van der Waals surface area contributed by atoms with Gasteiger partial charge in [0.05, 0.1) is 0 Å². The van der Waals surface area contributed by atoms with Crippen molar-refractivity contribution < 1.29 is 0 Å². The summed E-state index contributed by atoms with van der Waals surface area (Å²) in [5.74, 6) is 0.520. The SMILES string of the molecule is Nc1nc(N)nc(Nc2ccc3ccccc3c2)n1. The van der Waals surface area contributed by atoms with Crippen LogP contribution in [0.1, 0.15) is 0 Å². The minimum atomic E-state index is 0.0933. The number of rotatable bonds is 2. The van der Waals surface area contributed by atoms with Crippen LogP contribution in [0.4, 0.5) is 23.5 Å². The monoisotopic (exact) mass is 252 g/mol. The molecule has 94 valence electrons. The van der Waals surface area contributed by atoms with Crippen LogP contribution in [0.2, 0.25) is 0 Å². The standard InChI is InChI=1S/C13H12N6/c14-11-17-12(15)19-13(18-11)16-10-6-5-8-3-1-2-4-9(8)7-10/h1-7H,(H5,14,15,16,17,18,19). The van der Waals surface area contributed by atoms with Gasteiger partial charge in [-0.1, -0.05) is 30.3 Å². The number of anilines is 4. The molecule has 0 bridgehead atoms. The fraction of sp³-hybridized carbons (Fsp3) is 0. The Hall–Kier alpha value is -2.89. The second-order valence-electron chi connectivity index (χ2n) is 4.06. The van der Waals surface area contributed by atoms with Gasteiger partial charge in [-0.3, -0.25) is 0 Å². The van der Waals surface area contributed by atoms with E-state index in [1.807, 2.05) is 36.4 Å². The maximum Gasteiger partial charge on any atom is 0.233 e. The Morgan fingerprint density at radius 1 is 0.789 bits per heavy atom. The fourth-order valence-corrected chi connectivity index (χ4v) is 1.86. The van der Waals surface area contributed by atoms with E-state index in [4.69, 9.17) is 11.5 Å². The highest BCUT2D eigenvalue weighted by Gasteiger charge is 2.02. The molecule has 6 heteroatoms. The van der Waals surface area contributed by atoms with Gasteiger partial charge < -0.3 is 16.8 Å². The van der Waals surface area contributed by atoms with E-state index in [1.165, 1.54) is 5.39 Å².